The van der Waals surface area contributed by atoms with Gasteiger partial charge in [-0.1, -0.05) is 25.0 Å². The number of benzene rings is 2. The van der Waals surface area contributed by atoms with Gasteiger partial charge in [0.05, 0.1) is 5.60 Å². The Morgan fingerprint density at radius 3 is 2.24 bits per heavy atom. The van der Waals surface area contributed by atoms with Crippen LogP contribution in [0.4, 0.5) is 13.2 Å². The Labute approximate surface area is 170 Å². The molecule has 1 N–H and O–H groups in total. The lowest BCUT2D eigenvalue weighted by Crippen LogP contribution is -2.47. The highest BCUT2D eigenvalue weighted by atomic mass is 19.1. The zero-order valence-corrected chi connectivity index (χ0v) is 16.7. The first-order valence-corrected chi connectivity index (χ1v) is 10.5. The molecule has 1 saturated carbocycles. The van der Waals surface area contributed by atoms with E-state index in [1.165, 1.54) is 37.1 Å². The molecule has 0 amide bonds. The third-order valence-electron chi connectivity index (χ3n) is 6.65. The van der Waals surface area contributed by atoms with Gasteiger partial charge in [0, 0.05) is 24.6 Å². The van der Waals surface area contributed by atoms with E-state index in [4.69, 9.17) is 4.74 Å². The van der Waals surface area contributed by atoms with Gasteiger partial charge in [0.2, 0.25) is 0 Å². The van der Waals surface area contributed by atoms with Gasteiger partial charge < -0.3 is 10.1 Å². The Hall–Kier alpha value is -1.85. The molecule has 0 bridgehead atoms. The van der Waals surface area contributed by atoms with Crippen LogP contribution in [0.15, 0.2) is 42.5 Å². The molecule has 1 heterocycles. The Kier molecular flexibility index (Phi) is 5.98. The van der Waals surface area contributed by atoms with E-state index in [0.717, 1.165) is 43.7 Å². The zero-order valence-electron chi connectivity index (χ0n) is 16.7. The second-order valence-electron chi connectivity index (χ2n) is 8.66. The lowest BCUT2D eigenvalue weighted by atomic mass is 9.66. The number of halogens is 3. The van der Waals surface area contributed by atoms with E-state index in [9.17, 15) is 13.2 Å². The standard InChI is InChI=1S/C24H28F3NO/c25-20-5-3-19(4-6-20)23(10-12-29-24(17-23)7-1-2-8-24)9-11-28-16-18-13-21(26)15-22(27)14-18/h3-6,13-15,28H,1-2,7-12,16-17H2/t23-/m1/s1. The molecule has 0 unspecified atom stereocenters. The summed E-state index contributed by atoms with van der Waals surface area (Å²) >= 11 is 0. The monoisotopic (exact) mass is 403 g/mol. The van der Waals surface area contributed by atoms with E-state index >= 15 is 0 Å². The lowest BCUT2D eigenvalue weighted by molar-refractivity contribution is -0.103. The van der Waals surface area contributed by atoms with Crippen molar-refractivity contribution in [3.63, 3.8) is 0 Å². The van der Waals surface area contributed by atoms with Crippen LogP contribution in [-0.2, 0) is 16.7 Å². The van der Waals surface area contributed by atoms with E-state index in [2.05, 4.69) is 5.32 Å². The van der Waals surface area contributed by atoms with Crippen LogP contribution in [0.2, 0.25) is 0 Å². The van der Waals surface area contributed by atoms with Crippen molar-refractivity contribution in [1.29, 1.82) is 0 Å². The molecule has 0 aromatic heterocycles. The first kappa shape index (κ1) is 20.4. The average Bonchev–Trinajstić information content (AvgIpc) is 3.12. The van der Waals surface area contributed by atoms with Crippen molar-refractivity contribution < 1.29 is 17.9 Å². The lowest BCUT2D eigenvalue weighted by Gasteiger charge is -2.47. The molecule has 2 aliphatic rings. The summed E-state index contributed by atoms with van der Waals surface area (Å²) in [4.78, 5) is 0. The van der Waals surface area contributed by atoms with Crippen molar-refractivity contribution in [2.45, 2.75) is 62.5 Å². The molecule has 4 rings (SSSR count). The van der Waals surface area contributed by atoms with E-state index in [0.29, 0.717) is 25.3 Å². The fourth-order valence-corrected chi connectivity index (χ4v) is 5.24. The molecule has 2 aromatic carbocycles. The van der Waals surface area contributed by atoms with Crippen LogP contribution < -0.4 is 5.32 Å². The molecule has 1 saturated heterocycles. The summed E-state index contributed by atoms with van der Waals surface area (Å²) in [6.07, 6.45) is 7.30. The largest absolute Gasteiger partial charge is 0.375 e. The van der Waals surface area contributed by atoms with Crippen molar-refractivity contribution in [1.82, 2.24) is 5.32 Å². The van der Waals surface area contributed by atoms with Crippen molar-refractivity contribution in [2.24, 2.45) is 0 Å². The highest BCUT2D eigenvalue weighted by Gasteiger charge is 2.47. The second kappa shape index (κ2) is 8.49. The molecule has 1 aliphatic heterocycles. The summed E-state index contributed by atoms with van der Waals surface area (Å²) in [7, 11) is 0. The van der Waals surface area contributed by atoms with Gasteiger partial charge >= 0.3 is 0 Å². The normalized spacial score (nSPS) is 23.6. The summed E-state index contributed by atoms with van der Waals surface area (Å²) in [6, 6.07) is 10.5. The van der Waals surface area contributed by atoms with Crippen LogP contribution in [0.1, 0.15) is 56.1 Å². The number of hydrogen-bond acceptors (Lipinski definition) is 2. The summed E-state index contributed by atoms with van der Waals surface area (Å²) in [5, 5.41) is 3.34. The first-order chi connectivity index (χ1) is 14.0. The fourth-order valence-electron chi connectivity index (χ4n) is 5.24. The van der Waals surface area contributed by atoms with E-state index in [-0.39, 0.29) is 16.8 Å². The van der Waals surface area contributed by atoms with Crippen molar-refractivity contribution in [3.8, 4) is 0 Å². The van der Waals surface area contributed by atoms with Crippen molar-refractivity contribution >= 4 is 0 Å². The molecule has 1 spiro atoms. The number of ether oxygens (including phenoxy) is 1. The molecule has 1 atom stereocenters. The molecule has 0 radical (unpaired) electrons. The molecule has 2 aromatic rings. The molecular weight excluding hydrogens is 375 g/mol. The van der Waals surface area contributed by atoms with Crippen LogP contribution in [0.5, 0.6) is 0 Å². The summed E-state index contributed by atoms with van der Waals surface area (Å²) in [5.41, 5.74) is 1.62. The Balaban J connectivity index is 1.47. The minimum absolute atomic E-state index is 0.0572. The van der Waals surface area contributed by atoms with Gasteiger partial charge in [-0.3, -0.25) is 0 Å². The molecule has 1 aliphatic carbocycles. The quantitative estimate of drug-likeness (QED) is 0.630. The van der Waals surface area contributed by atoms with Gasteiger partial charge in [-0.2, -0.15) is 0 Å². The van der Waals surface area contributed by atoms with Crippen LogP contribution in [-0.4, -0.2) is 18.8 Å². The first-order valence-electron chi connectivity index (χ1n) is 10.5. The predicted octanol–water partition coefficient (Wildman–Crippen LogP) is 5.64. The van der Waals surface area contributed by atoms with Gasteiger partial charge in [-0.05, 0) is 74.0 Å². The minimum atomic E-state index is -0.558. The van der Waals surface area contributed by atoms with E-state index in [1.54, 1.807) is 0 Å². The van der Waals surface area contributed by atoms with Crippen LogP contribution in [0.3, 0.4) is 0 Å². The van der Waals surface area contributed by atoms with Gasteiger partial charge in [0.25, 0.3) is 0 Å². The van der Waals surface area contributed by atoms with Crippen molar-refractivity contribution in [3.05, 3.63) is 71.0 Å². The molecular formula is C24H28F3NO. The topological polar surface area (TPSA) is 21.3 Å². The highest BCUT2D eigenvalue weighted by Crippen LogP contribution is 2.50. The van der Waals surface area contributed by atoms with Gasteiger partial charge in [-0.25, -0.2) is 13.2 Å². The Morgan fingerprint density at radius 1 is 0.862 bits per heavy atom. The molecule has 29 heavy (non-hydrogen) atoms. The maximum absolute atomic E-state index is 13.5. The summed E-state index contributed by atoms with van der Waals surface area (Å²) in [6.45, 7) is 1.84. The summed E-state index contributed by atoms with van der Waals surface area (Å²) < 4.78 is 46.6. The Bertz CT molecular complexity index is 812. The third-order valence-corrected chi connectivity index (χ3v) is 6.65. The van der Waals surface area contributed by atoms with E-state index in [1.807, 2.05) is 12.1 Å². The number of hydrogen-bond donors (Lipinski definition) is 1. The van der Waals surface area contributed by atoms with Crippen molar-refractivity contribution in [2.75, 3.05) is 13.2 Å². The molecule has 5 heteroatoms. The zero-order chi connectivity index (χ0) is 20.3. The molecule has 156 valence electrons. The second-order valence-corrected chi connectivity index (χ2v) is 8.66. The smallest absolute Gasteiger partial charge is 0.126 e. The van der Waals surface area contributed by atoms with Crippen LogP contribution >= 0.6 is 0 Å². The molecule has 2 nitrogen and oxygen atoms in total. The number of nitrogens with one attached hydrogen (secondary N) is 1. The minimum Gasteiger partial charge on any atom is -0.375 e. The number of rotatable bonds is 6. The van der Waals surface area contributed by atoms with E-state index < -0.39 is 11.6 Å². The van der Waals surface area contributed by atoms with Crippen LogP contribution in [0, 0.1) is 17.5 Å². The SMILES string of the molecule is Fc1ccc([C@]2(CCNCc3cc(F)cc(F)c3)CCOC3(CCCC3)C2)cc1. The maximum Gasteiger partial charge on any atom is 0.126 e. The average molecular weight is 403 g/mol. The highest BCUT2D eigenvalue weighted by molar-refractivity contribution is 5.28. The fraction of sp³-hybridized carbons (Fsp3) is 0.500. The predicted molar refractivity (Wildman–Crippen MR) is 107 cm³/mol. The van der Waals surface area contributed by atoms with Gasteiger partial charge in [0.15, 0.2) is 0 Å². The molecule has 2 fully saturated rings. The van der Waals surface area contributed by atoms with Crippen LogP contribution in [0.25, 0.3) is 0 Å². The van der Waals surface area contributed by atoms with Gasteiger partial charge in [0.1, 0.15) is 17.5 Å². The maximum atomic E-state index is 13.5. The Morgan fingerprint density at radius 2 is 1.55 bits per heavy atom. The van der Waals surface area contributed by atoms with Gasteiger partial charge in [-0.15, -0.1) is 0 Å². The summed E-state index contributed by atoms with van der Waals surface area (Å²) in [5.74, 6) is -1.34. The third kappa shape index (κ3) is 4.67.